The van der Waals surface area contributed by atoms with Crippen LogP contribution in [-0.2, 0) is 6.54 Å². The molecule has 0 aromatic carbocycles. The van der Waals surface area contributed by atoms with Crippen molar-refractivity contribution in [3.8, 4) is 0 Å². The summed E-state index contributed by atoms with van der Waals surface area (Å²) in [6.45, 7) is 6.85. The van der Waals surface area contributed by atoms with E-state index in [0.717, 1.165) is 18.5 Å². The Labute approximate surface area is 84.4 Å². The van der Waals surface area contributed by atoms with Crippen molar-refractivity contribution >= 4 is 5.97 Å². The minimum atomic E-state index is -0.837. The van der Waals surface area contributed by atoms with Gasteiger partial charge in [-0.25, -0.2) is 4.79 Å². The summed E-state index contributed by atoms with van der Waals surface area (Å²) in [5.74, 6) is -0.323. The quantitative estimate of drug-likeness (QED) is 0.802. The highest BCUT2D eigenvalue weighted by molar-refractivity contribution is 5.87. The van der Waals surface area contributed by atoms with Gasteiger partial charge in [-0.15, -0.1) is 0 Å². The molecule has 0 amide bonds. The first-order chi connectivity index (χ1) is 6.56. The second-order valence-corrected chi connectivity index (χ2v) is 3.82. The van der Waals surface area contributed by atoms with Crippen LogP contribution in [0.25, 0.3) is 0 Å². The summed E-state index contributed by atoms with van der Waals surface area (Å²) >= 11 is 0. The minimum Gasteiger partial charge on any atom is -0.477 e. The zero-order chi connectivity index (χ0) is 10.7. The van der Waals surface area contributed by atoms with Gasteiger partial charge in [0.1, 0.15) is 5.69 Å². The van der Waals surface area contributed by atoms with Gasteiger partial charge in [-0.05, 0) is 24.5 Å². The summed E-state index contributed by atoms with van der Waals surface area (Å²) in [5, 5.41) is 9.00. The molecule has 0 aliphatic heterocycles. The number of aromatic nitrogens is 1. The Balaban J connectivity index is 2.92. The Bertz CT molecular complexity index is 328. The molecule has 0 fully saturated rings. The number of carbonyl (C=O) groups is 1. The van der Waals surface area contributed by atoms with E-state index in [4.69, 9.17) is 5.11 Å². The maximum Gasteiger partial charge on any atom is 0.352 e. The van der Waals surface area contributed by atoms with Crippen LogP contribution in [0, 0.1) is 12.8 Å². The molecule has 3 heteroatoms. The molecule has 1 atom stereocenters. The minimum absolute atomic E-state index is 0.422. The topological polar surface area (TPSA) is 42.2 Å². The van der Waals surface area contributed by atoms with Crippen LogP contribution in [0.2, 0.25) is 0 Å². The summed E-state index contributed by atoms with van der Waals surface area (Å²) in [7, 11) is 0. The van der Waals surface area contributed by atoms with E-state index in [-0.39, 0.29) is 0 Å². The Kier molecular flexibility index (Phi) is 3.33. The number of aryl methyl sites for hydroxylation is 1. The molecule has 0 saturated carbocycles. The van der Waals surface area contributed by atoms with Crippen molar-refractivity contribution in [3.05, 3.63) is 23.5 Å². The van der Waals surface area contributed by atoms with Crippen molar-refractivity contribution in [3.63, 3.8) is 0 Å². The number of hydrogen-bond donors (Lipinski definition) is 1. The normalized spacial score (nSPS) is 12.8. The van der Waals surface area contributed by atoms with E-state index in [2.05, 4.69) is 13.8 Å². The first-order valence-electron chi connectivity index (χ1n) is 4.95. The predicted molar refractivity (Wildman–Crippen MR) is 55.6 cm³/mol. The lowest BCUT2D eigenvalue weighted by Gasteiger charge is -2.11. The van der Waals surface area contributed by atoms with Crippen LogP contribution in [-0.4, -0.2) is 15.6 Å². The summed E-state index contributed by atoms with van der Waals surface area (Å²) in [4.78, 5) is 11.0. The molecular formula is C11H17NO2. The van der Waals surface area contributed by atoms with Gasteiger partial charge in [0.2, 0.25) is 0 Å². The van der Waals surface area contributed by atoms with E-state index < -0.39 is 5.97 Å². The third kappa shape index (κ3) is 2.16. The summed E-state index contributed by atoms with van der Waals surface area (Å²) in [6, 6.07) is 1.85. The number of rotatable bonds is 4. The Morgan fingerprint density at radius 1 is 1.64 bits per heavy atom. The van der Waals surface area contributed by atoms with E-state index in [0.29, 0.717) is 11.6 Å². The standard InChI is InChI=1S/C11H17NO2/c1-4-8(2)7-12-6-5-9(3)10(12)11(13)14/h5-6,8H,4,7H2,1-3H3,(H,13,14). The van der Waals surface area contributed by atoms with Gasteiger partial charge in [0.15, 0.2) is 0 Å². The maximum absolute atomic E-state index is 11.0. The highest BCUT2D eigenvalue weighted by Crippen LogP contribution is 2.13. The van der Waals surface area contributed by atoms with Gasteiger partial charge in [-0.1, -0.05) is 20.3 Å². The fraction of sp³-hybridized carbons (Fsp3) is 0.545. The zero-order valence-corrected chi connectivity index (χ0v) is 8.95. The molecule has 0 aliphatic rings. The third-order valence-corrected chi connectivity index (χ3v) is 2.57. The van der Waals surface area contributed by atoms with Gasteiger partial charge in [0.25, 0.3) is 0 Å². The lowest BCUT2D eigenvalue weighted by Crippen LogP contribution is -2.13. The highest BCUT2D eigenvalue weighted by atomic mass is 16.4. The molecule has 0 spiro atoms. The van der Waals surface area contributed by atoms with Crippen molar-refractivity contribution in [2.75, 3.05) is 0 Å². The molecule has 1 unspecified atom stereocenters. The monoisotopic (exact) mass is 195 g/mol. The Hall–Kier alpha value is -1.25. The maximum atomic E-state index is 11.0. The van der Waals surface area contributed by atoms with Gasteiger partial charge in [-0.3, -0.25) is 0 Å². The van der Waals surface area contributed by atoms with Gasteiger partial charge < -0.3 is 9.67 Å². The average molecular weight is 195 g/mol. The van der Waals surface area contributed by atoms with E-state index in [1.54, 1.807) is 0 Å². The van der Waals surface area contributed by atoms with E-state index in [9.17, 15) is 4.79 Å². The summed E-state index contributed by atoms with van der Waals surface area (Å²) in [5.41, 5.74) is 1.26. The molecule has 14 heavy (non-hydrogen) atoms. The molecule has 0 bridgehead atoms. The lowest BCUT2D eigenvalue weighted by molar-refractivity contribution is 0.0683. The first-order valence-corrected chi connectivity index (χ1v) is 4.95. The molecule has 1 aromatic heterocycles. The van der Waals surface area contributed by atoms with E-state index in [1.165, 1.54) is 0 Å². The number of nitrogens with zero attached hydrogens (tertiary/aromatic N) is 1. The van der Waals surface area contributed by atoms with Crippen LogP contribution in [0.1, 0.15) is 36.3 Å². The fourth-order valence-corrected chi connectivity index (χ4v) is 1.49. The van der Waals surface area contributed by atoms with Crippen molar-refractivity contribution in [2.45, 2.75) is 33.7 Å². The molecule has 3 nitrogen and oxygen atoms in total. The first kappa shape index (κ1) is 10.8. The molecular weight excluding hydrogens is 178 g/mol. The molecule has 0 saturated heterocycles. The third-order valence-electron chi connectivity index (χ3n) is 2.57. The molecule has 0 radical (unpaired) electrons. The molecule has 0 aliphatic carbocycles. The van der Waals surface area contributed by atoms with E-state index in [1.807, 2.05) is 23.8 Å². The van der Waals surface area contributed by atoms with Crippen LogP contribution in [0.3, 0.4) is 0 Å². The van der Waals surface area contributed by atoms with Crippen LogP contribution >= 0.6 is 0 Å². The van der Waals surface area contributed by atoms with Crippen molar-refractivity contribution in [1.82, 2.24) is 4.57 Å². The van der Waals surface area contributed by atoms with Crippen LogP contribution in [0.5, 0.6) is 0 Å². The van der Waals surface area contributed by atoms with Gasteiger partial charge in [0, 0.05) is 12.7 Å². The Morgan fingerprint density at radius 2 is 2.29 bits per heavy atom. The second-order valence-electron chi connectivity index (χ2n) is 3.82. The van der Waals surface area contributed by atoms with Crippen LogP contribution in [0.4, 0.5) is 0 Å². The summed E-state index contributed by atoms with van der Waals surface area (Å²) in [6.07, 6.45) is 2.92. The number of carboxylic acid groups (broad SMARTS) is 1. The van der Waals surface area contributed by atoms with Crippen molar-refractivity contribution in [1.29, 1.82) is 0 Å². The van der Waals surface area contributed by atoms with Crippen molar-refractivity contribution in [2.24, 2.45) is 5.92 Å². The lowest BCUT2D eigenvalue weighted by atomic mass is 10.1. The van der Waals surface area contributed by atoms with Crippen molar-refractivity contribution < 1.29 is 9.90 Å². The van der Waals surface area contributed by atoms with Crippen LogP contribution in [0.15, 0.2) is 12.3 Å². The fourth-order valence-electron chi connectivity index (χ4n) is 1.49. The number of aromatic carboxylic acids is 1. The molecule has 1 rings (SSSR count). The molecule has 1 heterocycles. The number of carboxylic acids is 1. The van der Waals surface area contributed by atoms with Gasteiger partial charge in [-0.2, -0.15) is 0 Å². The predicted octanol–water partition coefficient (Wildman–Crippen LogP) is 2.54. The smallest absolute Gasteiger partial charge is 0.352 e. The average Bonchev–Trinajstić information content (AvgIpc) is 2.46. The molecule has 78 valence electrons. The molecule has 1 N–H and O–H groups in total. The highest BCUT2D eigenvalue weighted by Gasteiger charge is 2.14. The van der Waals surface area contributed by atoms with Crippen LogP contribution < -0.4 is 0 Å². The van der Waals surface area contributed by atoms with Gasteiger partial charge >= 0.3 is 5.97 Å². The summed E-state index contributed by atoms with van der Waals surface area (Å²) < 4.78 is 1.83. The Morgan fingerprint density at radius 3 is 2.79 bits per heavy atom. The second kappa shape index (κ2) is 4.31. The SMILES string of the molecule is CCC(C)Cn1ccc(C)c1C(=O)O. The largest absolute Gasteiger partial charge is 0.477 e. The molecule has 1 aromatic rings. The number of hydrogen-bond acceptors (Lipinski definition) is 1. The van der Waals surface area contributed by atoms with Gasteiger partial charge in [0.05, 0.1) is 0 Å². The van der Waals surface area contributed by atoms with E-state index >= 15 is 0 Å². The zero-order valence-electron chi connectivity index (χ0n) is 8.95.